The minimum absolute atomic E-state index is 0.204. The summed E-state index contributed by atoms with van der Waals surface area (Å²) < 4.78 is 21.9. The first kappa shape index (κ1) is 24.7. The van der Waals surface area contributed by atoms with E-state index in [-0.39, 0.29) is 19.0 Å². The van der Waals surface area contributed by atoms with Crippen LogP contribution in [-0.2, 0) is 29.7 Å². The second-order valence-electron chi connectivity index (χ2n) is 8.50. The smallest absolute Gasteiger partial charge is 0.414 e. The summed E-state index contributed by atoms with van der Waals surface area (Å²) in [7, 11) is 1.81. The first-order valence-corrected chi connectivity index (χ1v) is 11.6. The molecule has 8 nitrogen and oxygen atoms in total. The van der Waals surface area contributed by atoms with Crippen LogP contribution in [0.15, 0.2) is 42.5 Å². The van der Waals surface area contributed by atoms with Crippen molar-refractivity contribution in [2.24, 2.45) is 7.05 Å². The number of hydrogen-bond donors (Lipinski definition) is 2. The Kier molecular flexibility index (Phi) is 7.37. The Morgan fingerprint density at radius 3 is 2.60 bits per heavy atom. The molecule has 1 saturated heterocycles. The molecule has 2 N–H and O–H groups in total. The maximum Gasteiger partial charge on any atom is 0.414 e. The van der Waals surface area contributed by atoms with Gasteiger partial charge < -0.3 is 15.4 Å². The number of cyclic esters (lactones) is 1. The first-order valence-electron chi connectivity index (χ1n) is 11.2. The van der Waals surface area contributed by atoms with Crippen LogP contribution in [0.5, 0.6) is 0 Å². The van der Waals surface area contributed by atoms with Crippen LogP contribution in [0.3, 0.4) is 0 Å². The summed E-state index contributed by atoms with van der Waals surface area (Å²) in [5.41, 5.74) is 4.49. The van der Waals surface area contributed by atoms with Crippen molar-refractivity contribution in [1.29, 1.82) is 0 Å². The lowest BCUT2D eigenvalue weighted by Crippen LogP contribution is -2.33. The Labute approximate surface area is 208 Å². The molecule has 0 spiro atoms. The van der Waals surface area contributed by atoms with Crippen molar-refractivity contribution in [1.82, 2.24) is 20.4 Å². The number of nitrogens with zero attached hydrogens (tertiary/aromatic N) is 3. The number of benzene rings is 2. The monoisotopic (exact) mass is 499 g/mol. The van der Waals surface area contributed by atoms with Gasteiger partial charge in [-0.1, -0.05) is 35.9 Å². The van der Waals surface area contributed by atoms with Crippen LogP contribution >= 0.6 is 11.6 Å². The molecule has 4 rings (SSSR count). The Bertz CT molecular complexity index is 1240. The molecule has 0 radical (unpaired) electrons. The highest BCUT2D eigenvalue weighted by molar-refractivity contribution is 6.30. The van der Waals surface area contributed by atoms with Crippen molar-refractivity contribution >= 4 is 29.3 Å². The van der Waals surface area contributed by atoms with Crippen molar-refractivity contribution in [3.63, 3.8) is 0 Å². The van der Waals surface area contributed by atoms with Crippen LogP contribution < -0.4 is 15.5 Å². The third-order valence-electron chi connectivity index (χ3n) is 5.88. The van der Waals surface area contributed by atoms with Crippen LogP contribution in [0.4, 0.5) is 14.9 Å². The molecule has 0 aliphatic carbocycles. The van der Waals surface area contributed by atoms with E-state index in [4.69, 9.17) is 16.3 Å². The average molecular weight is 500 g/mol. The second kappa shape index (κ2) is 10.5. The molecule has 0 bridgehead atoms. The van der Waals surface area contributed by atoms with E-state index in [0.29, 0.717) is 29.5 Å². The molecule has 2 aromatic carbocycles. The average Bonchev–Trinajstić information content (AvgIpc) is 3.31. The Morgan fingerprint density at radius 1 is 1.23 bits per heavy atom. The number of nitrogens with one attached hydrogen (secondary N) is 2. The number of aromatic nitrogens is 2. The number of amides is 2. The maximum absolute atomic E-state index is 15.0. The van der Waals surface area contributed by atoms with Crippen molar-refractivity contribution in [3.8, 4) is 11.1 Å². The van der Waals surface area contributed by atoms with Gasteiger partial charge in [-0.2, -0.15) is 5.10 Å². The summed E-state index contributed by atoms with van der Waals surface area (Å²) in [5.74, 6) is -0.641. The molecule has 2 heterocycles. The third-order valence-corrected chi connectivity index (χ3v) is 6.36. The lowest BCUT2D eigenvalue weighted by molar-refractivity contribution is -0.119. The van der Waals surface area contributed by atoms with Gasteiger partial charge in [0.2, 0.25) is 5.91 Å². The highest BCUT2D eigenvalue weighted by Crippen LogP contribution is 2.29. The molecule has 35 heavy (non-hydrogen) atoms. The Hall–Kier alpha value is -3.43. The molecule has 2 amide bonds. The largest absolute Gasteiger partial charge is 0.442 e. The van der Waals surface area contributed by atoms with Gasteiger partial charge in [-0.15, -0.1) is 0 Å². The molecule has 1 aliphatic heterocycles. The number of ether oxygens (including phenoxy) is 1. The zero-order valence-corrected chi connectivity index (χ0v) is 20.5. The van der Waals surface area contributed by atoms with E-state index in [1.54, 1.807) is 16.8 Å². The van der Waals surface area contributed by atoms with Gasteiger partial charge in [-0.25, -0.2) is 9.18 Å². The van der Waals surface area contributed by atoms with Crippen molar-refractivity contribution in [2.45, 2.75) is 33.0 Å². The summed E-state index contributed by atoms with van der Waals surface area (Å²) in [4.78, 5) is 24.6. The fraction of sp³-hybridized carbons (Fsp3) is 0.320. The lowest BCUT2D eigenvalue weighted by atomic mass is 10.0. The van der Waals surface area contributed by atoms with Crippen molar-refractivity contribution < 1.29 is 18.7 Å². The zero-order chi connectivity index (χ0) is 25.1. The van der Waals surface area contributed by atoms with Gasteiger partial charge >= 0.3 is 6.09 Å². The van der Waals surface area contributed by atoms with E-state index >= 15 is 0 Å². The molecule has 0 saturated carbocycles. The van der Waals surface area contributed by atoms with Gasteiger partial charge in [-0.3, -0.25) is 14.4 Å². The van der Waals surface area contributed by atoms with E-state index < -0.39 is 18.0 Å². The van der Waals surface area contributed by atoms with Gasteiger partial charge in [0.05, 0.1) is 24.5 Å². The minimum Gasteiger partial charge on any atom is -0.442 e. The molecular formula is C25H27ClFN5O3. The topological polar surface area (TPSA) is 88.5 Å². The normalized spacial score (nSPS) is 15.4. The Morgan fingerprint density at radius 2 is 1.97 bits per heavy atom. The lowest BCUT2D eigenvalue weighted by Gasteiger charge is -2.15. The van der Waals surface area contributed by atoms with Crippen molar-refractivity contribution in [3.05, 3.63) is 70.3 Å². The molecule has 0 unspecified atom stereocenters. The fourth-order valence-corrected chi connectivity index (χ4v) is 4.25. The maximum atomic E-state index is 15.0. The Balaban J connectivity index is 1.38. The summed E-state index contributed by atoms with van der Waals surface area (Å²) in [6.07, 6.45) is -1.04. The zero-order valence-electron chi connectivity index (χ0n) is 19.8. The number of hydrogen-bond acceptors (Lipinski definition) is 5. The van der Waals surface area contributed by atoms with E-state index in [1.807, 2.05) is 38.2 Å². The molecule has 3 aromatic rings. The van der Waals surface area contributed by atoms with Crippen LogP contribution in [-0.4, -0.2) is 41.0 Å². The van der Waals surface area contributed by atoms with Crippen LogP contribution in [0.2, 0.25) is 5.15 Å². The highest BCUT2D eigenvalue weighted by atomic mass is 35.5. The number of carbonyl (C=O) groups is 2. The quantitative estimate of drug-likeness (QED) is 0.490. The molecule has 1 atom stereocenters. The summed E-state index contributed by atoms with van der Waals surface area (Å²) in [6, 6.07) is 12.3. The minimum atomic E-state index is -0.563. The van der Waals surface area contributed by atoms with Gasteiger partial charge in [0.15, 0.2) is 0 Å². The van der Waals surface area contributed by atoms with E-state index in [9.17, 15) is 14.0 Å². The van der Waals surface area contributed by atoms with Crippen LogP contribution in [0.25, 0.3) is 11.1 Å². The summed E-state index contributed by atoms with van der Waals surface area (Å²) in [5, 5.41) is 10.9. The molecule has 1 fully saturated rings. The first-order chi connectivity index (χ1) is 16.7. The van der Waals surface area contributed by atoms with Gasteiger partial charge in [-0.05, 0) is 36.2 Å². The van der Waals surface area contributed by atoms with Gasteiger partial charge in [0, 0.05) is 38.2 Å². The van der Waals surface area contributed by atoms with Crippen molar-refractivity contribution in [2.75, 3.05) is 18.0 Å². The molecule has 1 aromatic heterocycles. The predicted octanol–water partition coefficient (Wildman–Crippen LogP) is 3.94. The summed E-state index contributed by atoms with van der Waals surface area (Å²) in [6.45, 7) is 5.00. The molecule has 10 heteroatoms. The molecule has 184 valence electrons. The number of rotatable bonds is 8. The number of aryl methyl sites for hydroxylation is 2. The number of halogens is 2. The standard InChI is InChI=1S/C25H27ClFN5O3/c1-15-22(24(26)31(3)30-15)13-28-11-17-4-6-18(7-5-17)21-9-8-19(10-23(21)27)32-14-20(35-25(32)34)12-29-16(2)33/h4-10,20,28H,11-14H2,1-3H3,(H,29,33)/t20-/m0/s1. The van der Waals surface area contributed by atoms with Gasteiger partial charge in [0.1, 0.15) is 17.1 Å². The third kappa shape index (κ3) is 5.63. The van der Waals surface area contributed by atoms with E-state index in [2.05, 4.69) is 15.7 Å². The van der Waals surface area contributed by atoms with E-state index in [0.717, 1.165) is 22.4 Å². The van der Waals surface area contributed by atoms with E-state index in [1.165, 1.54) is 17.9 Å². The SMILES string of the molecule is CC(=O)NC[C@H]1CN(c2ccc(-c3ccc(CNCc4c(C)nn(C)c4Cl)cc3)c(F)c2)C(=O)O1. The van der Waals surface area contributed by atoms with Crippen LogP contribution in [0.1, 0.15) is 23.7 Å². The predicted molar refractivity (Wildman–Crippen MR) is 132 cm³/mol. The highest BCUT2D eigenvalue weighted by Gasteiger charge is 2.32. The molecule has 1 aliphatic rings. The number of anilines is 1. The van der Waals surface area contributed by atoms with Gasteiger partial charge in [0.25, 0.3) is 0 Å². The second-order valence-corrected chi connectivity index (χ2v) is 8.85. The summed E-state index contributed by atoms with van der Waals surface area (Å²) >= 11 is 6.27. The number of carbonyl (C=O) groups excluding carboxylic acids is 2. The van der Waals surface area contributed by atoms with Crippen LogP contribution in [0, 0.1) is 12.7 Å². The fourth-order valence-electron chi connectivity index (χ4n) is 4.01. The molecular weight excluding hydrogens is 473 g/mol.